The summed E-state index contributed by atoms with van der Waals surface area (Å²) in [6, 6.07) is 9.51. The van der Waals surface area contributed by atoms with Gasteiger partial charge in [0.25, 0.3) is 0 Å². The molecule has 3 heteroatoms. The molecule has 0 fully saturated rings. The van der Waals surface area contributed by atoms with Crippen molar-refractivity contribution in [2.24, 2.45) is 0 Å². The van der Waals surface area contributed by atoms with Crippen molar-refractivity contribution < 1.29 is 4.42 Å². The van der Waals surface area contributed by atoms with Crippen molar-refractivity contribution in [3.63, 3.8) is 0 Å². The van der Waals surface area contributed by atoms with E-state index in [1.807, 2.05) is 18.2 Å². The van der Waals surface area contributed by atoms with Crippen molar-refractivity contribution in [3.8, 4) is 0 Å². The largest absolute Gasteiger partial charge is 0.423 e. The van der Waals surface area contributed by atoms with Gasteiger partial charge in [-0.2, -0.15) is 0 Å². The summed E-state index contributed by atoms with van der Waals surface area (Å²) in [7, 11) is 0. The molecule has 0 unspecified atom stereocenters. The minimum Gasteiger partial charge on any atom is -0.423 e. The van der Waals surface area contributed by atoms with E-state index in [0.717, 1.165) is 24.8 Å². The molecule has 0 aliphatic rings. The molecule has 2 heterocycles. The van der Waals surface area contributed by atoms with Crippen molar-refractivity contribution in [2.75, 3.05) is 0 Å². The van der Waals surface area contributed by atoms with Crippen molar-refractivity contribution in [3.05, 3.63) is 46.4 Å². The third kappa shape index (κ3) is 1.86. The molecule has 98 valence electrons. The molecule has 0 aliphatic carbocycles. The van der Waals surface area contributed by atoms with Crippen molar-refractivity contribution >= 4 is 21.9 Å². The summed E-state index contributed by atoms with van der Waals surface area (Å²) < 4.78 is 7.58. The first-order valence-corrected chi connectivity index (χ1v) is 6.79. The van der Waals surface area contributed by atoms with Gasteiger partial charge in [-0.1, -0.05) is 13.3 Å². The molecular weight excluding hydrogens is 238 g/mol. The number of aromatic nitrogens is 1. The molecule has 3 aromatic rings. The number of rotatable bonds is 3. The van der Waals surface area contributed by atoms with Gasteiger partial charge in [-0.25, -0.2) is 4.79 Å². The molecule has 2 aromatic heterocycles. The molecule has 0 spiro atoms. The Kier molecular flexibility index (Phi) is 2.90. The zero-order valence-electron chi connectivity index (χ0n) is 11.3. The van der Waals surface area contributed by atoms with Crippen LogP contribution in [-0.2, 0) is 13.0 Å². The Balaban J connectivity index is 2.39. The van der Waals surface area contributed by atoms with Crippen molar-refractivity contribution in [1.82, 2.24) is 4.57 Å². The fraction of sp³-hybridized carbons (Fsp3) is 0.312. The minimum absolute atomic E-state index is 0.296. The van der Waals surface area contributed by atoms with Crippen LogP contribution in [0.5, 0.6) is 0 Å². The Morgan fingerprint density at radius 1 is 1.11 bits per heavy atom. The number of hydrogen-bond donors (Lipinski definition) is 0. The second-order valence-electron chi connectivity index (χ2n) is 4.79. The maximum atomic E-state index is 11.3. The normalized spacial score (nSPS) is 11.5. The SMILES string of the molecule is CCCc1cc2c3ccc(=O)oc3ccc2n1CC. The van der Waals surface area contributed by atoms with Gasteiger partial charge in [0, 0.05) is 34.6 Å². The van der Waals surface area contributed by atoms with E-state index in [1.54, 1.807) is 0 Å². The predicted octanol–water partition coefficient (Wildman–Crippen LogP) is 3.72. The van der Waals surface area contributed by atoms with Crippen LogP contribution in [0.1, 0.15) is 26.0 Å². The molecule has 0 saturated carbocycles. The molecule has 0 bridgehead atoms. The third-order valence-corrected chi connectivity index (χ3v) is 3.59. The van der Waals surface area contributed by atoms with E-state index in [2.05, 4.69) is 24.5 Å². The maximum Gasteiger partial charge on any atom is 0.336 e. The smallest absolute Gasteiger partial charge is 0.336 e. The first kappa shape index (κ1) is 12.0. The summed E-state index contributed by atoms with van der Waals surface area (Å²) in [6.07, 6.45) is 2.20. The number of nitrogens with zero attached hydrogens (tertiary/aromatic N) is 1. The number of aryl methyl sites for hydroxylation is 2. The monoisotopic (exact) mass is 255 g/mol. The van der Waals surface area contributed by atoms with Crippen LogP contribution in [0.3, 0.4) is 0 Å². The van der Waals surface area contributed by atoms with Gasteiger partial charge in [0.05, 0.1) is 0 Å². The van der Waals surface area contributed by atoms with E-state index < -0.39 is 0 Å². The van der Waals surface area contributed by atoms with Crippen LogP contribution < -0.4 is 5.63 Å². The lowest BCUT2D eigenvalue weighted by Crippen LogP contribution is -1.99. The number of benzene rings is 1. The van der Waals surface area contributed by atoms with E-state index in [4.69, 9.17) is 4.42 Å². The van der Waals surface area contributed by atoms with Gasteiger partial charge in [0.15, 0.2) is 0 Å². The Morgan fingerprint density at radius 3 is 2.68 bits per heavy atom. The maximum absolute atomic E-state index is 11.3. The number of fused-ring (bicyclic) bond motifs is 3. The van der Waals surface area contributed by atoms with E-state index in [9.17, 15) is 4.79 Å². The minimum atomic E-state index is -0.296. The highest BCUT2D eigenvalue weighted by molar-refractivity contribution is 6.04. The summed E-state index contributed by atoms with van der Waals surface area (Å²) in [5, 5.41) is 2.19. The van der Waals surface area contributed by atoms with Crippen LogP contribution in [0, 0.1) is 0 Å². The van der Waals surface area contributed by atoms with Crippen molar-refractivity contribution in [1.29, 1.82) is 0 Å². The summed E-state index contributed by atoms with van der Waals surface area (Å²) in [4.78, 5) is 11.3. The van der Waals surface area contributed by atoms with Gasteiger partial charge >= 0.3 is 5.63 Å². The predicted molar refractivity (Wildman–Crippen MR) is 77.6 cm³/mol. The topological polar surface area (TPSA) is 35.1 Å². The quantitative estimate of drug-likeness (QED) is 0.668. The lowest BCUT2D eigenvalue weighted by Gasteiger charge is -2.06. The van der Waals surface area contributed by atoms with Crippen LogP contribution >= 0.6 is 0 Å². The van der Waals surface area contributed by atoms with Gasteiger partial charge in [-0.05, 0) is 37.6 Å². The molecule has 0 amide bonds. The van der Waals surface area contributed by atoms with Crippen molar-refractivity contribution in [2.45, 2.75) is 33.2 Å². The molecular formula is C16H17NO2. The summed E-state index contributed by atoms with van der Waals surface area (Å²) in [5.74, 6) is 0. The average Bonchev–Trinajstić information content (AvgIpc) is 2.76. The van der Waals surface area contributed by atoms with Gasteiger partial charge in [-0.15, -0.1) is 0 Å². The van der Waals surface area contributed by atoms with Crippen LogP contribution in [-0.4, -0.2) is 4.57 Å². The second-order valence-corrected chi connectivity index (χ2v) is 4.79. The van der Waals surface area contributed by atoms with Gasteiger partial charge in [-0.3, -0.25) is 0 Å². The van der Waals surface area contributed by atoms with Crippen LogP contribution in [0.2, 0.25) is 0 Å². The van der Waals surface area contributed by atoms with Gasteiger partial charge in [0.1, 0.15) is 5.58 Å². The average molecular weight is 255 g/mol. The number of hydrogen-bond acceptors (Lipinski definition) is 2. The second kappa shape index (κ2) is 4.57. The highest BCUT2D eigenvalue weighted by Crippen LogP contribution is 2.28. The van der Waals surface area contributed by atoms with Crippen LogP contribution in [0.25, 0.3) is 21.9 Å². The summed E-state index contributed by atoms with van der Waals surface area (Å²) in [5.41, 5.74) is 2.93. The summed E-state index contributed by atoms with van der Waals surface area (Å²) in [6.45, 7) is 5.31. The van der Waals surface area contributed by atoms with Gasteiger partial charge in [0.2, 0.25) is 0 Å². The highest BCUT2D eigenvalue weighted by Gasteiger charge is 2.10. The molecule has 0 saturated heterocycles. The Morgan fingerprint density at radius 2 is 1.95 bits per heavy atom. The Labute approximate surface area is 111 Å². The zero-order valence-corrected chi connectivity index (χ0v) is 11.3. The Hall–Kier alpha value is -2.03. The lowest BCUT2D eigenvalue weighted by atomic mass is 10.1. The molecule has 0 aliphatic heterocycles. The van der Waals surface area contributed by atoms with Crippen LogP contribution in [0.4, 0.5) is 0 Å². The first-order chi connectivity index (χ1) is 9.24. The third-order valence-electron chi connectivity index (χ3n) is 3.59. The molecule has 3 nitrogen and oxygen atoms in total. The molecule has 3 rings (SSSR count). The molecule has 1 aromatic carbocycles. The van der Waals surface area contributed by atoms with E-state index >= 15 is 0 Å². The molecule has 0 atom stereocenters. The zero-order chi connectivity index (χ0) is 13.4. The van der Waals surface area contributed by atoms with E-state index in [-0.39, 0.29) is 5.63 Å². The fourth-order valence-corrected chi connectivity index (χ4v) is 2.78. The highest BCUT2D eigenvalue weighted by atomic mass is 16.4. The fourth-order valence-electron chi connectivity index (χ4n) is 2.78. The standard InChI is InChI=1S/C16H17NO2/c1-3-5-11-10-13-12-6-9-16(18)19-15(12)8-7-14(13)17(11)4-2/h6-10H,3-5H2,1-2H3. The molecule has 0 radical (unpaired) electrons. The van der Waals surface area contributed by atoms with Gasteiger partial charge < -0.3 is 8.98 Å². The molecule has 0 N–H and O–H groups in total. The van der Waals surface area contributed by atoms with Crippen LogP contribution in [0.15, 0.2) is 39.5 Å². The summed E-state index contributed by atoms with van der Waals surface area (Å²) >= 11 is 0. The first-order valence-electron chi connectivity index (χ1n) is 6.79. The molecule has 19 heavy (non-hydrogen) atoms. The lowest BCUT2D eigenvalue weighted by molar-refractivity contribution is 0.561. The van der Waals surface area contributed by atoms with E-state index in [1.165, 1.54) is 22.7 Å². The Bertz CT molecular complexity index is 795. The van der Waals surface area contributed by atoms with E-state index in [0.29, 0.717) is 5.58 Å².